The molecule has 0 spiro atoms. The van der Waals surface area contributed by atoms with Crippen LogP contribution in [0.4, 0.5) is 8.78 Å². The third-order valence-corrected chi connectivity index (χ3v) is 7.11. The number of halogens is 4. The summed E-state index contributed by atoms with van der Waals surface area (Å²) < 4.78 is 55.8. The maximum absolute atomic E-state index is 12.8. The molecule has 0 amide bonds. The molecule has 5 nitrogen and oxygen atoms in total. The van der Waals surface area contributed by atoms with Crippen molar-refractivity contribution in [2.75, 3.05) is 19.6 Å². The maximum Gasteiger partial charge on any atom is 0.387 e. The van der Waals surface area contributed by atoms with E-state index in [0.29, 0.717) is 25.0 Å². The molecule has 1 unspecified atom stereocenters. The number of rotatable bonds is 5. The molecule has 0 radical (unpaired) electrons. The largest absolute Gasteiger partial charge is 0.433 e. The first-order valence-electron chi connectivity index (χ1n) is 8.36. The zero-order valence-electron chi connectivity index (χ0n) is 14.0. The van der Waals surface area contributed by atoms with Gasteiger partial charge in [0.2, 0.25) is 10.0 Å². The summed E-state index contributed by atoms with van der Waals surface area (Å²) in [6.07, 6.45) is 3.96. The summed E-state index contributed by atoms with van der Waals surface area (Å²) in [4.78, 5) is -0.00319. The normalized spacial score (nSPS) is 22.4. The molecule has 1 atom stereocenters. The van der Waals surface area contributed by atoms with Gasteiger partial charge in [-0.15, -0.1) is 12.4 Å². The zero-order chi connectivity index (χ0) is 18.0. The van der Waals surface area contributed by atoms with E-state index in [0.717, 1.165) is 31.9 Å². The van der Waals surface area contributed by atoms with Gasteiger partial charge in [0.05, 0.1) is 9.92 Å². The second-order valence-corrected chi connectivity index (χ2v) is 8.76. The van der Waals surface area contributed by atoms with Gasteiger partial charge in [-0.25, -0.2) is 8.42 Å². The maximum atomic E-state index is 12.8. The third kappa shape index (κ3) is 4.78. The van der Waals surface area contributed by atoms with E-state index in [1.165, 1.54) is 22.9 Å². The minimum Gasteiger partial charge on any atom is -0.433 e. The Balaban J connectivity index is 0.00000243. The molecular formula is C16H22Cl2F2N2O3S. The average molecular weight is 431 g/mol. The highest BCUT2D eigenvalue weighted by atomic mass is 35.5. The van der Waals surface area contributed by atoms with Gasteiger partial charge in [0.25, 0.3) is 0 Å². The van der Waals surface area contributed by atoms with Crippen LogP contribution >= 0.6 is 24.0 Å². The molecule has 2 aliphatic heterocycles. The van der Waals surface area contributed by atoms with Gasteiger partial charge < -0.3 is 10.1 Å². The molecule has 3 rings (SSSR count). The Labute approximate surface area is 163 Å². The summed E-state index contributed by atoms with van der Waals surface area (Å²) in [7, 11) is -3.69. The predicted octanol–water partition coefficient (Wildman–Crippen LogP) is 3.52. The Morgan fingerprint density at radius 1 is 1.23 bits per heavy atom. The van der Waals surface area contributed by atoms with E-state index in [4.69, 9.17) is 11.6 Å². The van der Waals surface area contributed by atoms with E-state index in [-0.39, 0.29) is 28.1 Å². The van der Waals surface area contributed by atoms with E-state index >= 15 is 0 Å². The summed E-state index contributed by atoms with van der Waals surface area (Å²) in [5.41, 5.74) is 0. The van der Waals surface area contributed by atoms with Crippen LogP contribution in [0, 0.1) is 5.92 Å². The Kier molecular flexibility index (Phi) is 7.50. The summed E-state index contributed by atoms with van der Waals surface area (Å²) >= 11 is 5.88. The number of benzene rings is 1. The van der Waals surface area contributed by atoms with Gasteiger partial charge >= 0.3 is 6.61 Å². The van der Waals surface area contributed by atoms with E-state index in [2.05, 4.69) is 10.1 Å². The van der Waals surface area contributed by atoms with Gasteiger partial charge in [0.1, 0.15) is 5.75 Å². The summed E-state index contributed by atoms with van der Waals surface area (Å²) in [5, 5.41) is 3.33. The SMILES string of the molecule is Cl.O=S(=O)(c1ccc(OC(F)F)c(Cl)c1)N1CCC(C2CCCN2)CC1. The standard InChI is InChI=1S/C16H21ClF2N2O3S.ClH/c17-13-10-12(3-4-15(13)24-16(18)19)25(22,23)21-8-5-11(6-9-21)14-2-1-7-20-14;/h3-4,10-11,14,16,20H,1-2,5-9H2;1H. The van der Waals surface area contributed by atoms with E-state index < -0.39 is 16.6 Å². The highest BCUT2D eigenvalue weighted by Gasteiger charge is 2.33. The van der Waals surface area contributed by atoms with Crippen LogP contribution in [0.3, 0.4) is 0 Å². The Bertz CT molecular complexity index is 707. The van der Waals surface area contributed by atoms with Gasteiger partial charge in [-0.2, -0.15) is 13.1 Å². The van der Waals surface area contributed by atoms with Crippen molar-refractivity contribution in [3.63, 3.8) is 0 Å². The molecule has 0 bridgehead atoms. The van der Waals surface area contributed by atoms with Gasteiger partial charge in [-0.05, 0) is 56.3 Å². The average Bonchev–Trinajstić information content (AvgIpc) is 3.11. The molecule has 1 N–H and O–H groups in total. The molecule has 2 saturated heterocycles. The molecule has 2 fully saturated rings. The lowest BCUT2D eigenvalue weighted by atomic mass is 9.89. The van der Waals surface area contributed by atoms with E-state index in [1.807, 2.05) is 0 Å². The fourth-order valence-electron chi connectivity index (χ4n) is 3.62. The topological polar surface area (TPSA) is 58.6 Å². The summed E-state index contributed by atoms with van der Waals surface area (Å²) in [6, 6.07) is 4.07. The second-order valence-electron chi connectivity index (χ2n) is 6.42. The number of hydrogen-bond donors (Lipinski definition) is 1. The van der Waals surface area contributed by atoms with Crippen molar-refractivity contribution < 1.29 is 21.9 Å². The van der Waals surface area contributed by atoms with Crippen LogP contribution in [-0.2, 0) is 10.0 Å². The van der Waals surface area contributed by atoms with Crippen LogP contribution < -0.4 is 10.1 Å². The number of hydrogen-bond acceptors (Lipinski definition) is 4. The van der Waals surface area contributed by atoms with Gasteiger partial charge in [-0.3, -0.25) is 0 Å². The molecule has 148 valence electrons. The lowest BCUT2D eigenvalue weighted by molar-refractivity contribution is -0.0498. The molecular weight excluding hydrogens is 409 g/mol. The molecule has 1 aromatic rings. The summed E-state index contributed by atoms with van der Waals surface area (Å²) in [6.45, 7) is -1.06. The number of nitrogens with one attached hydrogen (secondary N) is 1. The Morgan fingerprint density at radius 2 is 1.92 bits per heavy atom. The van der Waals surface area contributed by atoms with Crippen molar-refractivity contribution in [2.45, 2.75) is 43.2 Å². The van der Waals surface area contributed by atoms with Crippen molar-refractivity contribution in [1.82, 2.24) is 9.62 Å². The van der Waals surface area contributed by atoms with Crippen LogP contribution in [0.5, 0.6) is 5.75 Å². The molecule has 0 saturated carbocycles. The Morgan fingerprint density at radius 3 is 2.46 bits per heavy atom. The van der Waals surface area contributed by atoms with Crippen molar-refractivity contribution in [1.29, 1.82) is 0 Å². The van der Waals surface area contributed by atoms with Crippen LogP contribution in [0.1, 0.15) is 25.7 Å². The molecule has 2 aliphatic rings. The van der Waals surface area contributed by atoms with Gasteiger partial charge in [0.15, 0.2) is 0 Å². The number of alkyl halides is 2. The predicted molar refractivity (Wildman–Crippen MR) is 97.8 cm³/mol. The second kappa shape index (κ2) is 9.01. The monoisotopic (exact) mass is 430 g/mol. The van der Waals surface area contributed by atoms with E-state index in [9.17, 15) is 17.2 Å². The smallest absolute Gasteiger partial charge is 0.387 e. The minimum absolute atomic E-state index is 0. The highest BCUT2D eigenvalue weighted by Crippen LogP contribution is 2.32. The fraction of sp³-hybridized carbons (Fsp3) is 0.625. The lowest BCUT2D eigenvalue weighted by Gasteiger charge is -2.34. The molecule has 2 heterocycles. The quantitative estimate of drug-likeness (QED) is 0.776. The molecule has 26 heavy (non-hydrogen) atoms. The Hall–Kier alpha value is -0.670. The van der Waals surface area contributed by atoms with Crippen molar-refractivity contribution in [3.05, 3.63) is 23.2 Å². The lowest BCUT2D eigenvalue weighted by Crippen LogP contribution is -2.43. The van der Waals surface area contributed by atoms with Crippen LogP contribution in [0.25, 0.3) is 0 Å². The van der Waals surface area contributed by atoms with Crippen molar-refractivity contribution in [3.8, 4) is 5.75 Å². The van der Waals surface area contributed by atoms with Gasteiger partial charge in [0, 0.05) is 19.1 Å². The van der Waals surface area contributed by atoms with Gasteiger partial charge in [-0.1, -0.05) is 11.6 Å². The third-order valence-electron chi connectivity index (χ3n) is 4.92. The minimum atomic E-state index is -3.69. The zero-order valence-corrected chi connectivity index (χ0v) is 16.4. The molecule has 10 heteroatoms. The van der Waals surface area contributed by atoms with Crippen LogP contribution in [0.2, 0.25) is 5.02 Å². The highest BCUT2D eigenvalue weighted by molar-refractivity contribution is 7.89. The molecule has 0 aliphatic carbocycles. The van der Waals surface area contributed by atoms with E-state index in [1.54, 1.807) is 0 Å². The van der Waals surface area contributed by atoms with Crippen LogP contribution in [0.15, 0.2) is 23.1 Å². The number of sulfonamides is 1. The van der Waals surface area contributed by atoms with Crippen molar-refractivity contribution >= 4 is 34.0 Å². The molecule has 0 aromatic heterocycles. The van der Waals surface area contributed by atoms with Crippen molar-refractivity contribution in [2.24, 2.45) is 5.92 Å². The summed E-state index contributed by atoms with van der Waals surface area (Å²) in [5.74, 6) is 0.265. The molecule has 1 aromatic carbocycles. The fourth-order valence-corrected chi connectivity index (χ4v) is 5.40. The first kappa shape index (κ1) is 21.6. The number of nitrogens with zero attached hydrogens (tertiary/aromatic N) is 1. The van der Waals surface area contributed by atoms with Crippen LogP contribution in [-0.4, -0.2) is 45.0 Å². The number of piperidine rings is 1. The number of ether oxygens (including phenoxy) is 1. The first-order valence-corrected chi connectivity index (χ1v) is 10.2. The first-order chi connectivity index (χ1) is 11.9.